The van der Waals surface area contributed by atoms with Gasteiger partial charge >= 0.3 is 0 Å². The predicted octanol–water partition coefficient (Wildman–Crippen LogP) is 2.70. The molecule has 0 saturated heterocycles. The average molecular weight is 262 g/mol. The highest BCUT2D eigenvalue weighted by Gasteiger charge is 2.32. The van der Waals surface area contributed by atoms with Gasteiger partial charge in [0.1, 0.15) is 6.04 Å². The highest BCUT2D eigenvalue weighted by atomic mass is 32.2. The van der Waals surface area contributed by atoms with Gasteiger partial charge in [-0.3, -0.25) is 4.79 Å². The van der Waals surface area contributed by atoms with Gasteiger partial charge in [0.05, 0.1) is 0 Å². The predicted molar refractivity (Wildman–Crippen MR) is 74.9 cm³/mol. The first kappa shape index (κ1) is 12.1. The number of thioether (sulfide) groups is 1. The van der Waals surface area contributed by atoms with Crippen molar-refractivity contribution in [3.63, 3.8) is 0 Å². The molecule has 3 rings (SSSR count). The van der Waals surface area contributed by atoms with Crippen LogP contribution < -0.4 is 10.6 Å². The number of anilines is 1. The molecule has 2 N–H and O–H groups in total. The monoisotopic (exact) mass is 262 g/mol. The molecule has 1 saturated carbocycles. The molecule has 4 heteroatoms. The van der Waals surface area contributed by atoms with E-state index in [9.17, 15) is 4.79 Å². The lowest BCUT2D eigenvalue weighted by Gasteiger charge is -2.13. The van der Waals surface area contributed by atoms with Crippen molar-refractivity contribution in [2.24, 2.45) is 5.73 Å². The summed E-state index contributed by atoms with van der Waals surface area (Å²) in [6.45, 7) is 0. The van der Waals surface area contributed by atoms with Crippen LogP contribution in [0.5, 0.6) is 0 Å². The third kappa shape index (κ3) is 1.93. The topological polar surface area (TPSA) is 46.3 Å². The van der Waals surface area contributed by atoms with E-state index >= 15 is 0 Å². The number of amides is 1. The summed E-state index contributed by atoms with van der Waals surface area (Å²) in [5, 5.41) is 0.749. The first-order chi connectivity index (χ1) is 8.66. The summed E-state index contributed by atoms with van der Waals surface area (Å²) in [5.74, 6) is -0.00647. The molecule has 0 radical (unpaired) electrons. The lowest BCUT2D eigenvalue weighted by atomic mass is 10.1. The molecule has 96 valence electrons. The van der Waals surface area contributed by atoms with Crippen molar-refractivity contribution in [3.05, 3.63) is 23.8 Å². The molecular weight excluding hydrogens is 244 g/mol. The van der Waals surface area contributed by atoms with Gasteiger partial charge in [0.25, 0.3) is 0 Å². The number of likely N-dealkylation sites (N-methyl/N-ethyl adjacent to an activating group) is 1. The van der Waals surface area contributed by atoms with Crippen LogP contribution in [-0.2, 0) is 4.79 Å². The number of hydrogen-bond acceptors (Lipinski definition) is 3. The van der Waals surface area contributed by atoms with E-state index in [1.807, 2.05) is 17.8 Å². The Bertz CT molecular complexity index is 483. The summed E-state index contributed by atoms with van der Waals surface area (Å²) in [7, 11) is 1.80. The molecule has 1 unspecified atom stereocenters. The third-order valence-corrected chi connectivity index (χ3v) is 5.23. The molecule has 0 aromatic heterocycles. The Morgan fingerprint density at radius 2 is 2.06 bits per heavy atom. The second kappa shape index (κ2) is 4.59. The van der Waals surface area contributed by atoms with Crippen LogP contribution >= 0.6 is 11.8 Å². The minimum atomic E-state index is -0.476. The van der Waals surface area contributed by atoms with Crippen molar-refractivity contribution in [1.82, 2.24) is 0 Å². The Morgan fingerprint density at radius 3 is 2.78 bits per heavy atom. The van der Waals surface area contributed by atoms with Gasteiger partial charge in [-0.1, -0.05) is 18.9 Å². The Labute approximate surface area is 112 Å². The Kier molecular flexibility index (Phi) is 3.08. The van der Waals surface area contributed by atoms with Gasteiger partial charge in [-0.05, 0) is 25.0 Å². The molecule has 0 bridgehead atoms. The van der Waals surface area contributed by atoms with E-state index in [0.717, 1.165) is 16.5 Å². The second-order valence-corrected chi connectivity index (χ2v) is 6.49. The maximum Gasteiger partial charge on any atom is 0.248 e. The van der Waals surface area contributed by atoms with Crippen LogP contribution in [0.15, 0.2) is 23.1 Å². The van der Waals surface area contributed by atoms with Crippen LogP contribution in [0.3, 0.4) is 0 Å². The summed E-state index contributed by atoms with van der Waals surface area (Å²) in [5.41, 5.74) is 7.83. The molecule has 1 heterocycles. The standard InChI is InChI=1S/C14H18N2OS/c1-16-12-8-10(18-9-4-2-3-5-9)6-7-11(12)13(15)14(16)17/h6-9,13H,2-5,15H2,1H3. The third-order valence-electron chi connectivity index (χ3n) is 3.90. The van der Waals surface area contributed by atoms with Gasteiger partial charge in [0.2, 0.25) is 5.91 Å². The largest absolute Gasteiger partial charge is 0.316 e. The van der Waals surface area contributed by atoms with Crippen LogP contribution in [-0.4, -0.2) is 18.2 Å². The molecule has 1 atom stereocenters. The van der Waals surface area contributed by atoms with Gasteiger partial charge in [-0.15, -0.1) is 11.8 Å². The molecule has 1 aromatic rings. The van der Waals surface area contributed by atoms with Gasteiger partial charge < -0.3 is 10.6 Å². The lowest BCUT2D eigenvalue weighted by molar-refractivity contribution is -0.118. The summed E-state index contributed by atoms with van der Waals surface area (Å²) in [6.07, 6.45) is 5.34. The van der Waals surface area contributed by atoms with Crippen LogP contribution in [0.2, 0.25) is 0 Å². The zero-order valence-electron chi connectivity index (χ0n) is 10.6. The van der Waals surface area contributed by atoms with E-state index in [0.29, 0.717) is 0 Å². The van der Waals surface area contributed by atoms with Crippen molar-refractivity contribution in [1.29, 1.82) is 0 Å². The maximum atomic E-state index is 11.8. The van der Waals surface area contributed by atoms with Crippen molar-refractivity contribution in [2.75, 3.05) is 11.9 Å². The van der Waals surface area contributed by atoms with Crippen LogP contribution in [0.1, 0.15) is 37.3 Å². The Balaban J connectivity index is 1.85. The van der Waals surface area contributed by atoms with E-state index in [4.69, 9.17) is 5.73 Å². The minimum Gasteiger partial charge on any atom is -0.316 e. The highest BCUT2D eigenvalue weighted by Crippen LogP contribution is 2.40. The molecule has 1 fully saturated rings. The number of hydrogen-bond donors (Lipinski definition) is 1. The maximum absolute atomic E-state index is 11.8. The number of rotatable bonds is 2. The zero-order valence-corrected chi connectivity index (χ0v) is 11.4. The van der Waals surface area contributed by atoms with E-state index in [1.165, 1.54) is 30.6 Å². The van der Waals surface area contributed by atoms with Gasteiger partial charge in [-0.2, -0.15) is 0 Å². The number of nitrogens with zero attached hydrogens (tertiary/aromatic N) is 1. The van der Waals surface area contributed by atoms with Crippen molar-refractivity contribution in [2.45, 2.75) is 41.9 Å². The van der Waals surface area contributed by atoms with E-state index < -0.39 is 6.04 Å². The van der Waals surface area contributed by atoms with E-state index in [1.54, 1.807) is 11.9 Å². The minimum absolute atomic E-state index is 0.00647. The second-order valence-electron chi connectivity index (χ2n) is 5.12. The van der Waals surface area contributed by atoms with Gasteiger partial charge in [0, 0.05) is 28.4 Å². The SMILES string of the molecule is CN1C(=O)C(N)c2ccc(SC3CCCC3)cc21. The summed E-state index contributed by atoms with van der Waals surface area (Å²) in [6, 6.07) is 5.76. The Hall–Kier alpha value is -1.00. The van der Waals surface area contributed by atoms with Crippen LogP contribution in [0.4, 0.5) is 5.69 Å². The molecule has 0 spiro atoms. The number of benzene rings is 1. The van der Waals surface area contributed by atoms with Crippen LogP contribution in [0.25, 0.3) is 0 Å². The number of carbonyl (C=O) groups excluding carboxylic acids is 1. The van der Waals surface area contributed by atoms with Crippen LogP contribution in [0, 0.1) is 0 Å². The van der Waals surface area contributed by atoms with Crippen molar-refractivity contribution in [3.8, 4) is 0 Å². The van der Waals surface area contributed by atoms with Crippen molar-refractivity contribution >= 4 is 23.4 Å². The number of carbonyl (C=O) groups is 1. The fourth-order valence-corrected chi connectivity index (χ4v) is 4.09. The number of fused-ring (bicyclic) bond motifs is 1. The normalized spacial score (nSPS) is 23.8. The van der Waals surface area contributed by atoms with Gasteiger partial charge in [0.15, 0.2) is 0 Å². The zero-order chi connectivity index (χ0) is 12.7. The Morgan fingerprint density at radius 1 is 1.33 bits per heavy atom. The summed E-state index contributed by atoms with van der Waals surface area (Å²) in [4.78, 5) is 14.7. The quantitative estimate of drug-likeness (QED) is 0.891. The summed E-state index contributed by atoms with van der Waals surface area (Å²) >= 11 is 1.94. The molecule has 2 aliphatic rings. The lowest BCUT2D eigenvalue weighted by Crippen LogP contribution is -2.27. The first-order valence-corrected chi connectivity index (χ1v) is 7.38. The molecule has 1 aromatic carbocycles. The molecule has 18 heavy (non-hydrogen) atoms. The molecular formula is C14H18N2OS. The molecule has 1 aliphatic carbocycles. The molecule has 1 amide bonds. The van der Waals surface area contributed by atoms with E-state index in [2.05, 4.69) is 12.1 Å². The first-order valence-electron chi connectivity index (χ1n) is 6.50. The van der Waals surface area contributed by atoms with E-state index in [-0.39, 0.29) is 5.91 Å². The average Bonchev–Trinajstić information content (AvgIpc) is 2.95. The smallest absolute Gasteiger partial charge is 0.248 e. The highest BCUT2D eigenvalue weighted by molar-refractivity contribution is 8.00. The fraction of sp³-hybridized carbons (Fsp3) is 0.500. The number of nitrogens with two attached hydrogens (primary N) is 1. The van der Waals surface area contributed by atoms with Crippen molar-refractivity contribution < 1.29 is 4.79 Å². The summed E-state index contributed by atoms with van der Waals surface area (Å²) < 4.78 is 0. The fourth-order valence-electron chi connectivity index (χ4n) is 2.81. The van der Waals surface area contributed by atoms with Gasteiger partial charge in [-0.25, -0.2) is 0 Å². The molecule has 1 aliphatic heterocycles. The molecule has 3 nitrogen and oxygen atoms in total.